The summed E-state index contributed by atoms with van der Waals surface area (Å²) in [6.45, 7) is 2.90. The Bertz CT molecular complexity index is 733. The van der Waals surface area contributed by atoms with E-state index in [0.29, 0.717) is 18.8 Å². The first kappa shape index (κ1) is 16.5. The smallest absolute Gasteiger partial charge is 0.341 e. The molecule has 1 aromatic carbocycles. The van der Waals surface area contributed by atoms with Gasteiger partial charge in [0.2, 0.25) is 5.91 Å². The maximum absolute atomic E-state index is 13.4. The summed E-state index contributed by atoms with van der Waals surface area (Å²) in [7, 11) is 0. The number of imidazole rings is 1. The highest BCUT2D eigenvalue weighted by Gasteiger charge is 2.38. The quantitative estimate of drug-likeness (QED) is 0.861. The number of carbonyl (C=O) groups excluding carboxylic acids is 1. The Morgan fingerprint density at radius 3 is 2.46 bits per heavy atom. The van der Waals surface area contributed by atoms with Gasteiger partial charge < -0.3 is 9.47 Å². The fourth-order valence-corrected chi connectivity index (χ4v) is 3.11. The largest absolute Gasteiger partial charge is 0.416 e. The number of amides is 1. The second kappa shape index (κ2) is 6.30. The minimum Gasteiger partial charge on any atom is -0.341 e. The molecule has 1 aromatic heterocycles. The number of halogens is 3. The van der Waals surface area contributed by atoms with Gasteiger partial charge in [-0.25, -0.2) is 4.98 Å². The van der Waals surface area contributed by atoms with Crippen molar-refractivity contribution in [1.29, 1.82) is 0 Å². The maximum Gasteiger partial charge on any atom is 0.416 e. The van der Waals surface area contributed by atoms with Crippen LogP contribution in [0.15, 0.2) is 36.8 Å². The molecule has 1 aliphatic rings. The normalized spacial score (nSPS) is 16.4. The number of nitrogens with zero attached hydrogens (tertiary/aromatic N) is 3. The van der Waals surface area contributed by atoms with Gasteiger partial charge in [-0.05, 0) is 31.4 Å². The lowest BCUT2D eigenvalue weighted by atomic mass is 9.98. The summed E-state index contributed by atoms with van der Waals surface area (Å²) in [5, 5.41) is 0. The molecule has 1 amide bonds. The zero-order valence-electron chi connectivity index (χ0n) is 13.3. The molecule has 1 atom stereocenters. The Labute approximate surface area is 137 Å². The van der Waals surface area contributed by atoms with Crippen LogP contribution in [0.1, 0.15) is 35.7 Å². The van der Waals surface area contributed by atoms with Crippen molar-refractivity contribution in [2.24, 2.45) is 0 Å². The van der Waals surface area contributed by atoms with Crippen LogP contribution in [0.2, 0.25) is 0 Å². The predicted molar refractivity (Wildman–Crippen MR) is 82.4 cm³/mol. The average Bonchev–Trinajstić information content (AvgIpc) is 3.19. The van der Waals surface area contributed by atoms with Gasteiger partial charge in [0.25, 0.3) is 0 Å². The summed E-state index contributed by atoms with van der Waals surface area (Å²) >= 11 is 0. The van der Waals surface area contributed by atoms with E-state index in [1.54, 1.807) is 18.0 Å². The average molecular weight is 337 g/mol. The molecule has 7 heteroatoms. The van der Waals surface area contributed by atoms with E-state index < -0.39 is 17.8 Å². The molecule has 0 bridgehead atoms. The molecule has 2 aromatic rings. The number of hydrogen-bond donors (Lipinski definition) is 0. The third-order valence-corrected chi connectivity index (χ3v) is 4.24. The molecule has 1 saturated heterocycles. The summed E-state index contributed by atoms with van der Waals surface area (Å²) in [5.74, 6) is -0.318. The van der Waals surface area contributed by atoms with Crippen LogP contribution in [0.5, 0.6) is 0 Å². The Hall–Kier alpha value is -2.31. The molecular formula is C17H18F3N3O. The molecule has 1 aliphatic heterocycles. The van der Waals surface area contributed by atoms with Gasteiger partial charge in [-0.3, -0.25) is 4.79 Å². The molecule has 2 heterocycles. The molecule has 128 valence electrons. The number of aryl methyl sites for hydroxylation is 1. The fourth-order valence-electron chi connectivity index (χ4n) is 3.11. The van der Waals surface area contributed by atoms with Crippen LogP contribution in [-0.4, -0.2) is 33.4 Å². The zero-order valence-corrected chi connectivity index (χ0v) is 13.3. The molecule has 0 aliphatic carbocycles. The first-order valence-corrected chi connectivity index (χ1v) is 7.83. The number of hydrogen-bond acceptors (Lipinski definition) is 2. The van der Waals surface area contributed by atoms with Crippen LogP contribution in [0.25, 0.3) is 0 Å². The van der Waals surface area contributed by atoms with Crippen LogP contribution < -0.4 is 0 Å². The molecule has 0 saturated carbocycles. The summed E-state index contributed by atoms with van der Waals surface area (Å²) in [4.78, 5) is 18.7. The Morgan fingerprint density at radius 1 is 1.21 bits per heavy atom. The summed E-state index contributed by atoms with van der Waals surface area (Å²) in [6.07, 6.45) is 0.257. The molecule has 0 radical (unpaired) electrons. The Balaban J connectivity index is 2.10. The molecule has 1 fully saturated rings. The minimum absolute atomic E-state index is 0.0423. The first-order valence-electron chi connectivity index (χ1n) is 7.83. The first-order chi connectivity index (χ1) is 11.4. The van der Waals surface area contributed by atoms with E-state index in [4.69, 9.17) is 0 Å². The van der Waals surface area contributed by atoms with Crippen molar-refractivity contribution in [3.8, 4) is 0 Å². The SMILES string of the molecule is Cc1cn(C(C(=O)N2CCCC2)c2ccccc2C(F)(F)F)cn1. The second-order valence-electron chi connectivity index (χ2n) is 5.98. The highest BCUT2D eigenvalue weighted by molar-refractivity contribution is 5.84. The van der Waals surface area contributed by atoms with E-state index in [0.717, 1.165) is 18.9 Å². The molecule has 3 rings (SSSR count). The molecule has 1 unspecified atom stereocenters. The van der Waals surface area contributed by atoms with Crippen LogP contribution in [-0.2, 0) is 11.0 Å². The molecule has 24 heavy (non-hydrogen) atoms. The highest BCUT2D eigenvalue weighted by Crippen LogP contribution is 2.36. The zero-order chi connectivity index (χ0) is 17.3. The van der Waals surface area contributed by atoms with Crippen molar-refractivity contribution in [3.63, 3.8) is 0 Å². The minimum atomic E-state index is -4.52. The van der Waals surface area contributed by atoms with Gasteiger partial charge in [-0.2, -0.15) is 13.2 Å². The van der Waals surface area contributed by atoms with E-state index in [-0.39, 0.29) is 11.5 Å². The number of carbonyl (C=O) groups is 1. The van der Waals surface area contributed by atoms with Crippen LogP contribution >= 0.6 is 0 Å². The predicted octanol–water partition coefficient (Wildman–Crippen LogP) is 3.42. The summed E-state index contributed by atoms with van der Waals surface area (Å²) in [5.41, 5.74) is -0.174. The van der Waals surface area contributed by atoms with Crippen molar-refractivity contribution in [3.05, 3.63) is 53.6 Å². The molecular weight excluding hydrogens is 319 g/mol. The van der Waals surface area contributed by atoms with Gasteiger partial charge in [0.15, 0.2) is 0 Å². The third-order valence-electron chi connectivity index (χ3n) is 4.24. The summed E-state index contributed by atoms with van der Waals surface area (Å²) in [6, 6.07) is 4.20. The standard InChI is InChI=1S/C17H18F3N3O/c1-12-10-23(11-21-12)15(16(24)22-8-4-5-9-22)13-6-2-3-7-14(13)17(18,19)20/h2-3,6-7,10-11,15H,4-5,8-9H2,1H3. The number of benzene rings is 1. The molecule has 0 spiro atoms. The fraction of sp³-hybridized carbons (Fsp3) is 0.412. The molecule has 4 nitrogen and oxygen atoms in total. The lowest BCUT2D eigenvalue weighted by Gasteiger charge is -2.26. The maximum atomic E-state index is 13.4. The third kappa shape index (κ3) is 3.16. The van der Waals surface area contributed by atoms with Crippen molar-refractivity contribution in [2.45, 2.75) is 32.0 Å². The van der Waals surface area contributed by atoms with E-state index in [1.807, 2.05) is 0 Å². The van der Waals surface area contributed by atoms with Crippen LogP contribution in [0.3, 0.4) is 0 Å². The van der Waals surface area contributed by atoms with Gasteiger partial charge in [0, 0.05) is 19.3 Å². The van der Waals surface area contributed by atoms with Crippen molar-refractivity contribution >= 4 is 5.91 Å². The second-order valence-corrected chi connectivity index (χ2v) is 5.98. The van der Waals surface area contributed by atoms with Gasteiger partial charge in [0.05, 0.1) is 17.6 Å². The lowest BCUT2D eigenvalue weighted by Crippen LogP contribution is -2.36. The Morgan fingerprint density at radius 2 is 1.88 bits per heavy atom. The van der Waals surface area contributed by atoms with Crippen molar-refractivity contribution < 1.29 is 18.0 Å². The monoisotopic (exact) mass is 337 g/mol. The summed E-state index contributed by atoms with van der Waals surface area (Å²) < 4.78 is 41.7. The highest BCUT2D eigenvalue weighted by atomic mass is 19.4. The van der Waals surface area contributed by atoms with Crippen molar-refractivity contribution in [2.75, 3.05) is 13.1 Å². The van der Waals surface area contributed by atoms with Crippen molar-refractivity contribution in [1.82, 2.24) is 14.5 Å². The van der Waals surface area contributed by atoms with E-state index in [2.05, 4.69) is 4.98 Å². The van der Waals surface area contributed by atoms with Gasteiger partial charge in [-0.15, -0.1) is 0 Å². The van der Waals surface area contributed by atoms with Gasteiger partial charge >= 0.3 is 6.18 Å². The number of alkyl halides is 3. The number of likely N-dealkylation sites (tertiary alicyclic amines) is 1. The Kier molecular flexibility index (Phi) is 4.34. The molecule has 0 N–H and O–H groups in total. The van der Waals surface area contributed by atoms with E-state index >= 15 is 0 Å². The van der Waals surface area contributed by atoms with Gasteiger partial charge in [0.1, 0.15) is 6.04 Å². The number of aromatic nitrogens is 2. The van der Waals surface area contributed by atoms with E-state index in [1.165, 1.54) is 29.1 Å². The van der Waals surface area contributed by atoms with E-state index in [9.17, 15) is 18.0 Å². The van der Waals surface area contributed by atoms with Crippen LogP contribution in [0.4, 0.5) is 13.2 Å². The topological polar surface area (TPSA) is 38.1 Å². The van der Waals surface area contributed by atoms with Gasteiger partial charge in [-0.1, -0.05) is 18.2 Å². The van der Waals surface area contributed by atoms with Crippen LogP contribution in [0, 0.1) is 6.92 Å². The lowest BCUT2D eigenvalue weighted by molar-refractivity contribution is -0.139. The number of rotatable bonds is 3.